The van der Waals surface area contributed by atoms with Crippen LogP contribution in [0.2, 0.25) is 0 Å². The number of carbonyl (C=O) groups excluding carboxylic acids is 1. The minimum atomic E-state index is -0.456. The fourth-order valence-corrected chi connectivity index (χ4v) is 2.28. The number of hydrogen-bond donors (Lipinski definition) is 2. The lowest BCUT2D eigenvalue weighted by Crippen LogP contribution is -2.45. The maximum absolute atomic E-state index is 12.5. The predicted octanol–water partition coefficient (Wildman–Crippen LogP) is 2.63. The molecule has 104 valence electrons. The van der Waals surface area contributed by atoms with Gasteiger partial charge in [0, 0.05) is 6.54 Å². The molecule has 2 unspecified atom stereocenters. The summed E-state index contributed by atoms with van der Waals surface area (Å²) in [5.74, 6) is 0.670. The van der Waals surface area contributed by atoms with Gasteiger partial charge in [0.1, 0.15) is 0 Å². The van der Waals surface area contributed by atoms with Gasteiger partial charge in [0.25, 0.3) is 0 Å². The summed E-state index contributed by atoms with van der Waals surface area (Å²) < 4.78 is 0. The summed E-state index contributed by atoms with van der Waals surface area (Å²) in [4.78, 5) is 12.5. The van der Waals surface area contributed by atoms with E-state index in [1.54, 1.807) is 0 Å². The van der Waals surface area contributed by atoms with E-state index in [1.807, 2.05) is 32.0 Å². The van der Waals surface area contributed by atoms with Crippen molar-refractivity contribution in [2.45, 2.75) is 39.2 Å². The summed E-state index contributed by atoms with van der Waals surface area (Å²) in [6, 6.07) is 10.4. The van der Waals surface area contributed by atoms with E-state index in [-0.39, 0.29) is 11.9 Å². The maximum Gasteiger partial charge on any atom is 0.227 e. The first-order valence-electron chi connectivity index (χ1n) is 7.16. The van der Waals surface area contributed by atoms with E-state index in [1.165, 1.54) is 18.4 Å². The van der Waals surface area contributed by atoms with Crippen LogP contribution in [0.4, 0.5) is 0 Å². The second kappa shape index (κ2) is 5.74. The van der Waals surface area contributed by atoms with Gasteiger partial charge in [-0.2, -0.15) is 0 Å². The second-order valence-electron chi connectivity index (χ2n) is 5.82. The number of nitrogens with two attached hydrogens (primary N) is 1. The highest BCUT2D eigenvalue weighted by Crippen LogP contribution is 2.41. The van der Waals surface area contributed by atoms with Gasteiger partial charge >= 0.3 is 0 Å². The van der Waals surface area contributed by atoms with Gasteiger partial charge < -0.3 is 11.1 Å². The van der Waals surface area contributed by atoms with Gasteiger partial charge in [0.15, 0.2) is 0 Å². The van der Waals surface area contributed by atoms with Crippen LogP contribution in [0.3, 0.4) is 0 Å². The zero-order chi connectivity index (χ0) is 13.9. The predicted molar refractivity (Wildman–Crippen MR) is 77.5 cm³/mol. The van der Waals surface area contributed by atoms with Crippen molar-refractivity contribution in [2.75, 3.05) is 6.54 Å². The van der Waals surface area contributed by atoms with Crippen LogP contribution in [0.25, 0.3) is 0 Å². The fourth-order valence-electron chi connectivity index (χ4n) is 2.28. The molecule has 3 nitrogen and oxygen atoms in total. The van der Waals surface area contributed by atoms with Crippen LogP contribution in [0, 0.1) is 11.3 Å². The highest BCUT2D eigenvalue weighted by atomic mass is 16.2. The first-order chi connectivity index (χ1) is 9.10. The molecule has 0 aliphatic heterocycles. The van der Waals surface area contributed by atoms with Gasteiger partial charge in [-0.25, -0.2) is 0 Å². The van der Waals surface area contributed by atoms with Crippen LogP contribution in [-0.4, -0.2) is 12.5 Å². The fraction of sp³-hybridized carbons (Fsp3) is 0.562. The minimum absolute atomic E-state index is 0.0817. The van der Waals surface area contributed by atoms with Crippen LogP contribution in [0.15, 0.2) is 30.3 Å². The number of amides is 1. The zero-order valence-electron chi connectivity index (χ0n) is 11.9. The Balaban J connectivity index is 2.12. The summed E-state index contributed by atoms with van der Waals surface area (Å²) in [6.45, 7) is 4.35. The Morgan fingerprint density at radius 1 is 1.42 bits per heavy atom. The van der Waals surface area contributed by atoms with Crippen molar-refractivity contribution in [3.63, 3.8) is 0 Å². The highest BCUT2D eigenvalue weighted by Gasteiger charge is 2.37. The molecule has 1 saturated carbocycles. The normalized spacial score (nSPS) is 19.5. The van der Waals surface area contributed by atoms with Crippen molar-refractivity contribution in [3.05, 3.63) is 35.9 Å². The van der Waals surface area contributed by atoms with Gasteiger partial charge in [-0.3, -0.25) is 4.79 Å². The van der Waals surface area contributed by atoms with Crippen molar-refractivity contribution in [1.82, 2.24) is 5.32 Å². The Morgan fingerprint density at radius 3 is 2.53 bits per heavy atom. The standard InChI is InChI=1S/C16H24N2O/c1-3-16(2,11-17)15(19)18-14(13-9-10-13)12-7-5-4-6-8-12/h4-8,13-14H,3,9-11,17H2,1-2H3,(H,18,19). The molecule has 0 bridgehead atoms. The molecule has 1 aliphatic rings. The van der Waals surface area contributed by atoms with Crippen molar-refractivity contribution >= 4 is 5.91 Å². The van der Waals surface area contributed by atoms with Crippen LogP contribution < -0.4 is 11.1 Å². The number of nitrogens with one attached hydrogen (secondary N) is 1. The molecule has 0 heterocycles. The number of benzene rings is 1. The SMILES string of the molecule is CCC(C)(CN)C(=O)NC(c1ccccc1)C1CC1. The molecular formula is C16H24N2O. The van der Waals surface area contributed by atoms with Gasteiger partial charge in [-0.05, 0) is 37.7 Å². The molecule has 3 N–H and O–H groups in total. The maximum atomic E-state index is 12.5. The lowest BCUT2D eigenvalue weighted by atomic mass is 9.86. The van der Waals surface area contributed by atoms with Crippen molar-refractivity contribution in [1.29, 1.82) is 0 Å². The van der Waals surface area contributed by atoms with E-state index >= 15 is 0 Å². The summed E-state index contributed by atoms with van der Waals surface area (Å²) >= 11 is 0. The van der Waals surface area contributed by atoms with E-state index in [2.05, 4.69) is 17.4 Å². The molecule has 1 aliphatic carbocycles. The topological polar surface area (TPSA) is 55.1 Å². The van der Waals surface area contributed by atoms with Gasteiger partial charge in [0.2, 0.25) is 5.91 Å². The molecule has 3 heteroatoms. The molecule has 1 aromatic rings. The molecular weight excluding hydrogens is 236 g/mol. The summed E-state index contributed by atoms with van der Waals surface area (Å²) in [6.07, 6.45) is 3.16. The Morgan fingerprint density at radius 2 is 2.05 bits per heavy atom. The van der Waals surface area contributed by atoms with E-state index < -0.39 is 5.41 Å². The second-order valence-corrected chi connectivity index (χ2v) is 5.82. The van der Waals surface area contributed by atoms with Crippen molar-refractivity contribution in [3.8, 4) is 0 Å². The molecule has 2 atom stereocenters. The largest absolute Gasteiger partial charge is 0.349 e. The van der Waals surface area contributed by atoms with Crippen molar-refractivity contribution in [2.24, 2.45) is 17.1 Å². The molecule has 1 amide bonds. The molecule has 2 rings (SSSR count). The highest BCUT2D eigenvalue weighted by molar-refractivity contribution is 5.83. The Bertz CT molecular complexity index is 422. The number of rotatable bonds is 6. The lowest BCUT2D eigenvalue weighted by molar-refractivity contribution is -0.130. The van der Waals surface area contributed by atoms with Gasteiger partial charge in [0.05, 0.1) is 11.5 Å². The Hall–Kier alpha value is -1.35. The van der Waals surface area contributed by atoms with Gasteiger partial charge in [-0.1, -0.05) is 37.3 Å². The van der Waals surface area contributed by atoms with E-state index in [0.29, 0.717) is 12.5 Å². The van der Waals surface area contributed by atoms with Crippen LogP contribution in [0.5, 0.6) is 0 Å². The molecule has 0 saturated heterocycles. The van der Waals surface area contributed by atoms with E-state index in [4.69, 9.17) is 5.73 Å². The van der Waals surface area contributed by atoms with E-state index in [0.717, 1.165) is 6.42 Å². The summed E-state index contributed by atoms with van der Waals surface area (Å²) in [7, 11) is 0. The lowest BCUT2D eigenvalue weighted by Gasteiger charge is -2.29. The Kier molecular flexibility index (Phi) is 4.25. The molecule has 0 aromatic heterocycles. The van der Waals surface area contributed by atoms with Crippen LogP contribution >= 0.6 is 0 Å². The molecule has 19 heavy (non-hydrogen) atoms. The summed E-state index contributed by atoms with van der Waals surface area (Å²) in [5.41, 5.74) is 6.51. The smallest absolute Gasteiger partial charge is 0.227 e. The Labute approximate surface area is 115 Å². The minimum Gasteiger partial charge on any atom is -0.349 e. The van der Waals surface area contributed by atoms with Crippen molar-refractivity contribution < 1.29 is 4.79 Å². The third kappa shape index (κ3) is 3.16. The van der Waals surface area contributed by atoms with Gasteiger partial charge in [-0.15, -0.1) is 0 Å². The third-order valence-electron chi connectivity index (χ3n) is 4.32. The number of carbonyl (C=O) groups is 1. The van der Waals surface area contributed by atoms with Crippen LogP contribution in [0.1, 0.15) is 44.7 Å². The molecule has 1 aromatic carbocycles. The molecule has 0 radical (unpaired) electrons. The summed E-state index contributed by atoms with van der Waals surface area (Å²) in [5, 5.41) is 3.22. The average Bonchev–Trinajstić information content (AvgIpc) is 3.29. The zero-order valence-corrected chi connectivity index (χ0v) is 11.9. The molecule has 0 spiro atoms. The molecule has 1 fully saturated rings. The average molecular weight is 260 g/mol. The quantitative estimate of drug-likeness (QED) is 0.826. The third-order valence-corrected chi connectivity index (χ3v) is 4.32. The monoisotopic (exact) mass is 260 g/mol. The number of hydrogen-bond acceptors (Lipinski definition) is 2. The van der Waals surface area contributed by atoms with Crippen LogP contribution in [-0.2, 0) is 4.79 Å². The first kappa shape index (κ1) is 14.1. The van der Waals surface area contributed by atoms with E-state index in [9.17, 15) is 4.79 Å². The first-order valence-corrected chi connectivity index (χ1v) is 7.16.